The van der Waals surface area contributed by atoms with E-state index in [-0.39, 0.29) is 23.7 Å². The second-order valence-electron chi connectivity index (χ2n) is 6.09. The standard InChI is InChI=1S/C18H21FN4O/c1-23(17(24)10-16-4-2-3-9-20-16)12-14-11-21-22-18(14)13-5-7-15(19)8-6-13/h2-9,14,18,21-22H,10-12H2,1H3. The summed E-state index contributed by atoms with van der Waals surface area (Å²) in [6, 6.07) is 12.1. The predicted octanol–water partition coefficient (Wildman–Crippen LogP) is 1.69. The fourth-order valence-corrected chi connectivity index (χ4v) is 2.98. The monoisotopic (exact) mass is 328 g/mol. The average molecular weight is 328 g/mol. The van der Waals surface area contributed by atoms with Crippen molar-refractivity contribution in [1.29, 1.82) is 0 Å². The van der Waals surface area contributed by atoms with E-state index in [1.165, 1.54) is 12.1 Å². The zero-order valence-corrected chi connectivity index (χ0v) is 13.6. The molecule has 2 aromatic rings. The second-order valence-corrected chi connectivity index (χ2v) is 6.09. The third-order valence-corrected chi connectivity index (χ3v) is 4.31. The van der Waals surface area contributed by atoms with Gasteiger partial charge in [0.1, 0.15) is 5.82 Å². The topological polar surface area (TPSA) is 57.3 Å². The van der Waals surface area contributed by atoms with E-state index in [4.69, 9.17) is 0 Å². The molecule has 0 spiro atoms. The Hall–Kier alpha value is -2.31. The van der Waals surface area contributed by atoms with Crippen LogP contribution in [0.5, 0.6) is 0 Å². The molecule has 2 unspecified atom stereocenters. The number of rotatable bonds is 5. The van der Waals surface area contributed by atoms with Crippen molar-refractivity contribution in [3.05, 3.63) is 65.7 Å². The lowest BCUT2D eigenvalue weighted by atomic mass is 9.94. The minimum atomic E-state index is -0.246. The number of nitrogens with one attached hydrogen (secondary N) is 2. The van der Waals surface area contributed by atoms with Crippen LogP contribution in [-0.2, 0) is 11.2 Å². The van der Waals surface area contributed by atoms with Crippen molar-refractivity contribution in [1.82, 2.24) is 20.7 Å². The summed E-state index contributed by atoms with van der Waals surface area (Å²) < 4.78 is 13.1. The third kappa shape index (κ3) is 3.96. The summed E-state index contributed by atoms with van der Waals surface area (Å²) in [5.74, 6) is 0.00973. The van der Waals surface area contributed by atoms with Gasteiger partial charge in [0.25, 0.3) is 0 Å². The van der Waals surface area contributed by atoms with E-state index < -0.39 is 0 Å². The summed E-state index contributed by atoms with van der Waals surface area (Å²) in [6.45, 7) is 1.37. The van der Waals surface area contributed by atoms with Crippen LogP contribution in [0.4, 0.5) is 4.39 Å². The van der Waals surface area contributed by atoms with Crippen LogP contribution in [0.2, 0.25) is 0 Å². The number of carbonyl (C=O) groups excluding carboxylic acids is 1. The van der Waals surface area contributed by atoms with Crippen molar-refractivity contribution < 1.29 is 9.18 Å². The summed E-state index contributed by atoms with van der Waals surface area (Å²) in [5.41, 5.74) is 8.13. The Morgan fingerprint density at radius 3 is 2.79 bits per heavy atom. The number of halogens is 1. The van der Waals surface area contributed by atoms with E-state index in [0.29, 0.717) is 13.0 Å². The van der Waals surface area contributed by atoms with Gasteiger partial charge in [0.15, 0.2) is 0 Å². The van der Waals surface area contributed by atoms with Gasteiger partial charge in [-0.2, -0.15) is 0 Å². The molecule has 0 bridgehead atoms. The molecule has 1 fully saturated rings. The SMILES string of the molecule is CN(CC1CNNC1c1ccc(F)cc1)C(=O)Cc1ccccn1. The molecule has 1 saturated heterocycles. The first-order valence-corrected chi connectivity index (χ1v) is 8.01. The molecule has 0 saturated carbocycles. The molecule has 2 atom stereocenters. The maximum absolute atomic E-state index is 13.1. The smallest absolute Gasteiger partial charge is 0.228 e. The van der Waals surface area contributed by atoms with Crippen molar-refractivity contribution in [2.45, 2.75) is 12.5 Å². The van der Waals surface area contributed by atoms with E-state index in [2.05, 4.69) is 15.8 Å². The Kier molecular flexibility index (Phi) is 5.17. The first-order chi connectivity index (χ1) is 11.6. The highest BCUT2D eigenvalue weighted by Crippen LogP contribution is 2.25. The van der Waals surface area contributed by atoms with Crippen LogP contribution in [0, 0.1) is 11.7 Å². The summed E-state index contributed by atoms with van der Waals surface area (Å²) in [6.07, 6.45) is 1.99. The van der Waals surface area contributed by atoms with Crippen LogP contribution in [-0.4, -0.2) is 35.9 Å². The molecule has 0 radical (unpaired) electrons. The Balaban J connectivity index is 1.61. The fraction of sp³-hybridized carbons (Fsp3) is 0.333. The normalized spacial score (nSPS) is 20.1. The van der Waals surface area contributed by atoms with Gasteiger partial charge in [0, 0.05) is 37.9 Å². The largest absolute Gasteiger partial charge is 0.345 e. The zero-order chi connectivity index (χ0) is 16.9. The first-order valence-electron chi connectivity index (χ1n) is 8.01. The summed E-state index contributed by atoms with van der Waals surface area (Å²) >= 11 is 0. The van der Waals surface area contributed by atoms with Crippen LogP contribution < -0.4 is 10.9 Å². The molecule has 1 amide bonds. The highest BCUT2D eigenvalue weighted by atomic mass is 19.1. The van der Waals surface area contributed by atoms with Crippen molar-refractivity contribution >= 4 is 5.91 Å². The number of likely N-dealkylation sites (N-methyl/N-ethyl adjacent to an activating group) is 1. The van der Waals surface area contributed by atoms with E-state index in [1.807, 2.05) is 25.2 Å². The molecule has 2 N–H and O–H groups in total. The number of carbonyl (C=O) groups is 1. The maximum atomic E-state index is 13.1. The third-order valence-electron chi connectivity index (χ3n) is 4.31. The van der Waals surface area contributed by atoms with Gasteiger partial charge in [-0.05, 0) is 29.8 Å². The first kappa shape index (κ1) is 16.5. The van der Waals surface area contributed by atoms with Gasteiger partial charge in [-0.25, -0.2) is 9.82 Å². The molecule has 1 aliphatic heterocycles. The molecule has 1 aromatic heterocycles. The van der Waals surface area contributed by atoms with Crippen LogP contribution >= 0.6 is 0 Å². The lowest BCUT2D eigenvalue weighted by Crippen LogP contribution is -2.35. The lowest BCUT2D eigenvalue weighted by Gasteiger charge is -2.25. The van der Waals surface area contributed by atoms with Crippen LogP contribution in [0.3, 0.4) is 0 Å². The predicted molar refractivity (Wildman–Crippen MR) is 89.3 cm³/mol. The van der Waals surface area contributed by atoms with E-state index in [1.54, 1.807) is 23.2 Å². The Bertz CT molecular complexity index is 677. The van der Waals surface area contributed by atoms with Gasteiger partial charge in [-0.1, -0.05) is 18.2 Å². The number of hydrogen-bond acceptors (Lipinski definition) is 4. The molecule has 6 heteroatoms. The van der Waals surface area contributed by atoms with E-state index in [0.717, 1.165) is 17.8 Å². The quantitative estimate of drug-likeness (QED) is 0.877. The number of hydrazine groups is 1. The summed E-state index contributed by atoms with van der Waals surface area (Å²) in [4.78, 5) is 18.3. The van der Waals surface area contributed by atoms with Gasteiger partial charge in [-0.15, -0.1) is 0 Å². The lowest BCUT2D eigenvalue weighted by molar-refractivity contribution is -0.129. The van der Waals surface area contributed by atoms with Crippen molar-refractivity contribution in [2.75, 3.05) is 20.1 Å². The summed E-state index contributed by atoms with van der Waals surface area (Å²) in [5, 5.41) is 0. The Morgan fingerprint density at radius 2 is 2.08 bits per heavy atom. The number of aromatic nitrogens is 1. The van der Waals surface area contributed by atoms with Gasteiger partial charge < -0.3 is 4.90 Å². The van der Waals surface area contributed by atoms with Crippen LogP contribution in [0.15, 0.2) is 48.7 Å². The minimum Gasteiger partial charge on any atom is -0.345 e. The van der Waals surface area contributed by atoms with E-state index in [9.17, 15) is 9.18 Å². The molecular weight excluding hydrogens is 307 g/mol. The van der Waals surface area contributed by atoms with Gasteiger partial charge in [0.05, 0.1) is 12.5 Å². The number of pyridine rings is 1. The number of benzene rings is 1. The Morgan fingerprint density at radius 1 is 1.29 bits per heavy atom. The molecular formula is C18H21FN4O. The molecule has 1 aliphatic rings. The van der Waals surface area contributed by atoms with Gasteiger partial charge in [0.2, 0.25) is 5.91 Å². The molecule has 5 nitrogen and oxygen atoms in total. The van der Waals surface area contributed by atoms with Crippen molar-refractivity contribution in [3.8, 4) is 0 Å². The number of nitrogens with zero attached hydrogens (tertiary/aromatic N) is 2. The highest BCUT2D eigenvalue weighted by molar-refractivity contribution is 5.78. The minimum absolute atomic E-state index is 0.0402. The van der Waals surface area contributed by atoms with Gasteiger partial charge >= 0.3 is 0 Å². The van der Waals surface area contributed by atoms with Crippen LogP contribution in [0.1, 0.15) is 17.3 Å². The molecule has 126 valence electrons. The molecule has 3 rings (SSSR count). The van der Waals surface area contributed by atoms with E-state index >= 15 is 0 Å². The second kappa shape index (κ2) is 7.51. The Labute approximate surface area is 140 Å². The summed E-state index contributed by atoms with van der Waals surface area (Å²) in [7, 11) is 1.81. The van der Waals surface area contributed by atoms with Gasteiger partial charge in [-0.3, -0.25) is 15.2 Å². The molecule has 1 aromatic carbocycles. The average Bonchev–Trinajstić information content (AvgIpc) is 3.04. The number of hydrogen-bond donors (Lipinski definition) is 2. The molecule has 2 heterocycles. The highest BCUT2D eigenvalue weighted by Gasteiger charge is 2.30. The van der Waals surface area contributed by atoms with Crippen molar-refractivity contribution in [3.63, 3.8) is 0 Å². The molecule has 24 heavy (non-hydrogen) atoms. The number of amides is 1. The fourth-order valence-electron chi connectivity index (χ4n) is 2.98. The van der Waals surface area contributed by atoms with Crippen LogP contribution in [0.25, 0.3) is 0 Å². The maximum Gasteiger partial charge on any atom is 0.228 e. The van der Waals surface area contributed by atoms with Crippen molar-refractivity contribution in [2.24, 2.45) is 5.92 Å². The zero-order valence-electron chi connectivity index (χ0n) is 13.6. The molecule has 0 aliphatic carbocycles.